The summed E-state index contributed by atoms with van der Waals surface area (Å²) in [6, 6.07) is 4.08. The normalized spacial score (nSPS) is 16.9. The van der Waals surface area contributed by atoms with E-state index >= 15 is 0 Å². The summed E-state index contributed by atoms with van der Waals surface area (Å²) in [5.74, 6) is 7.53. The van der Waals surface area contributed by atoms with Crippen molar-refractivity contribution in [3.05, 3.63) is 28.5 Å². The number of hydrogen-bond acceptors (Lipinski definition) is 5. The predicted octanol–water partition coefficient (Wildman–Crippen LogP) is 5.84. The lowest BCUT2D eigenvalue weighted by molar-refractivity contribution is -0.0287. The Morgan fingerprint density at radius 1 is 1.29 bits per heavy atom. The van der Waals surface area contributed by atoms with Crippen molar-refractivity contribution in [1.29, 1.82) is 0 Å². The zero-order valence-electron chi connectivity index (χ0n) is 15.9. The van der Waals surface area contributed by atoms with Crippen molar-refractivity contribution in [3.63, 3.8) is 0 Å². The van der Waals surface area contributed by atoms with Gasteiger partial charge in [0.05, 0.1) is 4.88 Å². The summed E-state index contributed by atoms with van der Waals surface area (Å²) in [5.41, 5.74) is 1.31. The fraction of sp³-hybridized carbons (Fsp3) is 0.476. The molecule has 1 saturated heterocycles. The van der Waals surface area contributed by atoms with Crippen LogP contribution in [0.1, 0.15) is 63.9 Å². The van der Waals surface area contributed by atoms with Gasteiger partial charge < -0.3 is 4.74 Å². The second-order valence-electron chi connectivity index (χ2n) is 6.87. The van der Waals surface area contributed by atoms with Gasteiger partial charge in [-0.15, -0.1) is 11.3 Å². The summed E-state index contributed by atoms with van der Waals surface area (Å²) in [5, 5.41) is 2.39. The van der Waals surface area contributed by atoms with E-state index in [1.54, 1.807) is 11.3 Å². The molecule has 1 fully saturated rings. The third kappa shape index (κ3) is 4.07. The first-order valence-electron chi connectivity index (χ1n) is 9.87. The standard InChI is InChI=1S/C21H23ClN4OS/c1-2-3-4-5-6-11-16-23-19(22)18-21(24-16)26(17-12-7-8-13-27-17)20(25-18)15-10-9-14-28-15/h9-10,14,17H,2-5,7-8,12-13H2,1H3. The van der Waals surface area contributed by atoms with Crippen LogP contribution in [0.15, 0.2) is 17.5 Å². The van der Waals surface area contributed by atoms with Gasteiger partial charge in [-0.3, -0.25) is 4.57 Å². The average molecular weight is 415 g/mol. The van der Waals surface area contributed by atoms with Gasteiger partial charge in [-0.05, 0) is 43.1 Å². The molecule has 4 rings (SSSR count). The van der Waals surface area contributed by atoms with Crippen molar-refractivity contribution in [2.75, 3.05) is 6.61 Å². The number of hydrogen-bond donors (Lipinski definition) is 0. The number of imidazole rings is 1. The molecule has 4 heterocycles. The second-order valence-corrected chi connectivity index (χ2v) is 8.18. The van der Waals surface area contributed by atoms with Crippen molar-refractivity contribution >= 4 is 34.1 Å². The van der Waals surface area contributed by atoms with Gasteiger partial charge in [0.25, 0.3) is 0 Å². The van der Waals surface area contributed by atoms with Crippen LogP contribution >= 0.6 is 22.9 Å². The van der Waals surface area contributed by atoms with E-state index < -0.39 is 0 Å². The Morgan fingerprint density at radius 3 is 2.96 bits per heavy atom. The first kappa shape index (κ1) is 19.4. The molecule has 1 unspecified atom stereocenters. The summed E-state index contributed by atoms with van der Waals surface area (Å²) in [4.78, 5) is 14.9. The van der Waals surface area contributed by atoms with Crippen LogP contribution in [-0.2, 0) is 4.74 Å². The maximum atomic E-state index is 6.48. The third-order valence-corrected chi connectivity index (χ3v) is 5.92. The largest absolute Gasteiger partial charge is 0.358 e. The van der Waals surface area contributed by atoms with Gasteiger partial charge >= 0.3 is 0 Å². The lowest BCUT2D eigenvalue weighted by Crippen LogP contribution is -2.19. The van der Waals surface area contributed by atoms with Crippen molar-refractivity contribution in [1.82, 2.24) is 19.5 Å². The molecule has 0 saturated carbocycles. The molecule has 1 aliphatic rings. The Morgan fingerprint density at radius 2 is 2.21 bits per heavy atom. The Labute approximate surface area is 174 Å². The van der Waals surface area contributed by atoms with Crippen LogP contribution in [0.3, 0.4) is 0 Å². The number of rotatable bonds is 5. The molecule has 3 aromatic rings. The van der Waals surface area contributed by atoms with Crippen LogP contribution in [-0.4, -0.2) is 26.1 Å². The van der Waals surface area contributed by atoms with Crippen LogP contribution < -0.4 is 0 Å². The first-order valence-corrected chi connectivity index (χ1v) is 11.1. The van der Waals surface area contributed by atoms with E-state index in [9.17, 15) is 0 Å². The first-order chi connectivity index (χ1) is 13.8. The zero-order valence-corrected chi connectivity index (χ0v) is 17.5. The summed E-state index contributed by atoms with van der Waals surface area (Å²) in [6.07, 6.45) is 7.36. The number of halogens is 1. The smallest absolute Gasteiger partial charge is 0.208 e. The Kier molecular flexibility index (Phi) is 6.26. The van der Waals surface area contributed by atoms with Crippen LogP contribution in [0.4, 0.5) is 0 Å². The van der Waals surface area contributed by atoms with E-state index in [1.165, 1.54) is 12.8 Å². The number of fused-ring (bicyclic) bond motifs is 1. The molecule has 0 aromatic carbocycles. The summed E-state index contributed by atoms with van der Waals surface area (Å²) in [7, 11) is 0. The number of ether oxygens (including phenoxy) is 1. The van der Waals surface area contributed by atoms with Crippen LogP contribution in [0, 0.1) is 11.8 Å². The fourth-order valence-corrected chi connectivity index (χ4v) is 4.30. The topological polar surface area (TPSA) is 52.8 Å². The Balaban J connectivity index is 1.78. The zero-order chi connectivity index (χ0) is 19.3. The monoisotopic (exact) mass is 414 g/mol. The summed E-state index contributed by atoms with van der Waals surface area (Å²) in [6.45, 7) is 2.93. The van der Waals surface area contributed by atoms with E-state index in [4.69, 9.17) is 26.3 Å². The Hall–Kier alpha value is -1.94. The molecule has 1 atom stereocenters. The molecule has 0 aliphatic carbocycles. The molecule has 1 aliphatic heterocycles. The molecule has 146 valence electrons. The van der Waals surface area contributed by atoms with Crippen molar-refractivity contribution in [3.8, 4) is 22.5 Å². The van der Waals surface area contributed by atoms with E-state index in [0.717, 1.165) is 49.4 Å². The fourth-order valence-electron chi connectivity index (χ4n) is 3.38. The van der Waals surface area contributed by atoms with E-state index in [2.05, 4.69) is 34.4 Å². The van der Waals surface area contributed by atoms with E-state index in [-0.39, 0.29) is 6.23 Å². The molecule has 0 N–H and O–H groups in total. The minimum absolute atomic E-state index is 0.0906. The predicted molar refractivity (Wildman–Crippen MR) is 114 cm³/mol. The van der Waals surface area contributed by atoms with Gasteiger partial charge in [0.15, 0.2) is 16.6 Å². The van der Waals surface area contributed by atoms with Crippen LogP contribution in [0.2, 0.25) is 5.15 Å². The number of unbranched alkanes of at least 4 members (excludes halogenated alkanes) is 3. The summed E-state index contributed by atoms with van der Waals surface area (Å²) < 4.78 is 8.14. The molecule has 0 amide bonds. The maximum absolute atomic E-state index is 6.48. The third-order valence-electron chi connectivity index (χ3n) is 4.79. The molecule has 3 aromatic heterocycles. The molecule has 0 spiro atoms. The highest BCUT2D eigenvalue weighted by atomic mass is 35.5. The van der Waals surface area contributed by atoms with E-state index in [0.29, 0.717) is 22.1 Å². The highest BCUT2D eigenvalue weighted by Crippen LogP contribution is 2.35. The van der Waals surface area contributed by atoms with Gasteiger partial charge in [0, 0.05) is 13.0 Å². The Bertz CT molecular complexity index is 997. The van der Waals surface area contributed by atoms with Gasteiger partial charge in [-0.2, -0.15) is 0 Å². The molecular formula is C21H23ClN4OS. The van der Waals surface area contributed by atoms with Gasteiger partial charge in [-0.1, -0.05) is 43.4 Å². The van der Waals surface area contributed by atoms with Crippen LogP contribution in [0.5, 0.6) is 0 Å². The SMILES string of the molecule is CCCCCC#Cc1nc(Cl)c2nc(-c3cccs3)n(C3CCCCO3)c2n1. The highest BCUT2D eigenvalue weighted by molar-refractivity contribution is 7.13. The van der Waals surface area contributed by atoms with Crippen molar-refractivity contribution < 1.29 is 4.74 Å². The van der Waals surface area contributed by atoms with Crippen LogP contribution in [0.25, 0.3) is 21.9 Å². The van der Waals surface area contributed by atoms with Crippen molar-refractivity contribution in [2.45, 2.75) is 58.1 Å². The number of nitrogens with zero attached hydrogens (tertiary/aromatic N) is 4. The molecule has 5 nitrogen and oxygen atoms in total. The molecular weight excluding hydrogens is 392 g/mol. The maximum Gasteiger partial charge on any atom is 0.208 e. The van der Waals surface area contributed by atoms with Gasteiger partial charge in [-0.25, -0.2) is 15.0 Å². The van der Waals surface area contributed by atoms with Gasteiger partial charge in [0.1, 0.15) is 11.7 Å². The highest BCUT2D eigenvalue weighted by Gasteiger charge is 2.26. The molecule has 0 radical (unpaired) electrons. The quantitative estimate of drug-likeness (QED) is 0.299. The summed E-state index contributed by atoms with van der Waals surface area (Å²) >= 11 is 8.12. The number of thiophene rings is 1. The lowest BCUT2D eigenvalue weighted by Gasteiger charge is -2.25. The van der Waals surface area contributed by atoms with E-state index in [1.807, 2.05) is 11.4 Å². The minimum Gasteiger partial charge on any atom is -0.358 e. The second kappa shape index (κ2) is 9.04. The minimum atomic E-state index is -0.0906. The molecule has 7 heteroatoms. The van der Waals surface area contributed by atoms with Crippen molar-refractivity contribution in [2.24, 2.45) is 0 Å². The average Bonchev–Trinajstić information content (AvgIpc) is 3.36. The lowest BCUT2D eigenvalue weighted by atomic mass is 10.2. The molecule has 28 heavy (non-hydrogen) atoms. The molecule has 0 bridgehead atoms. The van der Waals surface area contributed by atoms with Gasteiger partial charge in [0.2, 0.25) is 5.82 Å². The number of aromatic nitrogens is 4.